The minimum atomic E-state index is -0.129. The first-order valence-corrected chi connectivity index (χ1v) is 4.40. The van der Waals surface area contributed by atoms with Crippen LogP contribution < -0.4 is 14.9 Å². The van der Waals surface area contributed by atoms with Crippen molar-refractivity contribution in [1.82, 2.24) is 0 Å². The summed E-state index contributed by atoms with van der Waals surface area (Å²) in [5, 5.41) is 0.511. The van der Waals surface area contributed by atoms with Crippen LogP contribution in [-0.2, 0) is 0 Å². The van der Waals surface area contributed by atoms with Crippen molar-refractivity contribution in [2.75, 3.05) is 14.2 Å². The summed E-state index contributed by atoms with van der Waals surface area (Å²) < 4.78 is 15.2. The Balaban J connectivity index is 2.75. The van der Waals surface area contributed by atoms with Gasteiger partial charge in [0.05, 0.1) is 25.7 Å². The summed E-state index contributed by atoms with van der Waals surface area (Å²) in [5.41, 5.74) is 0.328. The third-order valence-corrected chi connectivity index (χ3v) is 2.11. The van der Waals surface area contributed by atoms with Crippen molar-refractivity contribution in [2.24, 2.45) is 0 Å². The molecule has 0 atom stereocenters. The van der Waals surface area contributed by atoms with E-state index in [-0.39, 0.29) is 11.4 Å². The van der Waals surface area contributed by atoms with Crippen molar-refractivity contribution >= 4 is 11.0 Å². The predicted molar refractivity (Wildman–Crippen MR) is 55.6 cm³/mol. The standard InChI is InChI=1S/C11H10O4/c1-13-7-3-4-8-9(12)6-11(14-2)15-10(8)5-7/h3-6H,1-2H3. The number of methoxy groups -OCH3 is 2. The second-order valence-corrected chi connectivity index (χ2v) is 3.00. The fourth-order valence-electron chi connectivity index (χ4n) is 1.34. The lowest BCUT2D eigenvalue weighted by Gasteiger charge is -2.03. The molecule has 0 unspecified atom stereocenters. The fourth-order valence-corrected chi connectivity index (χ4v) is 1.34. The zero-order chi connectivity index (χ0) is 10.8. The van der Waals surface area contributed by atoms with E-state index in [0.29, 0.717) is 16.7 Å². The van der Waals surface area contributed by atoms with Crippen LogP contribution in [-0.4, -0.2) is 14.2 Å². The molecule has 0 amide bonds. The van der Waals surface area contributed by atoms with Crippen molar-refractivity contribution in [3.63, 3.8) is 0 Å². The molecular formula is C11H10O4. The van der Waals surface area contributed by atoms with Crippen LogP contribution in [0.1, 0.15) is 0 Å². The number of fused-ring (bicyclic) bond motifs is 1. The van der Waals surface area contributed by atoms with Gasteiger partial charge in [0.1, 0.15) is 11.3 Å². The van der Waals surface area contributed by atoms with Gasteiger partial charge in [-0.25, -0.2) is 0 Å². The van der Waals surface area contributed by atoms with Gasteiger partial charge in [0.2, 0.25) is 0 Å². The molecule has 0 aliphatic rings. The van der Waals surface area contributed by atoms with E-state index >= 15 is 0 Å². The van der Waals surface area contributed by atoms with Crippen LogP contribution in [0, 0.1) is 0 Å². The van der Waals surface area contributed by atoms with E-state index < -0.39 is 0 Å². The second-order valence-electron chi connectivity index (χ2n) is 3.00. The third kappa shape index (κ3) is 1.66. The van der Waals surface area contributed by atoms with Gasteiger partial charge in [-0.15, -0.1) is 0 Å². The zero-order valence-electron chi connectivity index (χ0n) is 8.44. The SMILES string of the molecule is COc1ccc2c(=O)cc(OC)oc2c1. The average Bonchev–Trinajstić information content (AvgIpc) is 2.28. The molecule has 78 valence electrons. The Hall–Kier alpha value is -1.97. The topological polar surface area (TPSA) is 48.7 Å². The lowest BCUT2D eigenvalue weighted by atomic mass is 10.2. The van der Waals surface area contributed by atoms with Crippen molar-refractivity contribution < 1.29 is 13.9 Å². The average molecular weight is 206 g/mol. The normalized spacial score (nSPS) is 10.3. The summed E-state index contributed by atoms with van der Waals surface area (Å²) in [6, 6.07) is 6.35. The van der Waals surface area contributed by atoms with Crippen LogP contribution in [0.2, 0.25) is 0 Å². The Bertz CT molecular complexity index is 537. The number of hydrogen-bond donors (Lipinski definition) is 0. The smallest absolute Gasteiger partial charge is 0.288 e. The number of benzene rings is 1. The van der Waals surface area contributed by atoms with E-state index in [0.717, 1.165) is 0 Å². The van der Waals surface area contributed by atoms with Gasteiger partial charge in [0.15, 0.2) is 5.43 Å². The lowest BCUT2D eigenvalue weighted by molar-refractivity contribution is 0.309. The van der Waals surface area contributed by atoms with Gasteiger partial charge in [0, 0.05) is 6.07 Å². The fraction of sp³-hybridized carbons (Fsp3) is 0.182. The molecule has 4 heteroatoms. The van der Waals surface area contributed by atoms with Crippen LogP contribution >= 0.6 is 0 Å². The molecule has 0 bridgehead atoms. The summed E-state index contributed by atoms with van der Waals surface area (Å²) in [6.07, 6.45) is 0. The van der Waals surface area contributed by atoms with E-state index in [1.54, 1.807) is 25.3 Å². The second kappa shape index (κ2) is 3.65. The number of hydrogen-bond acceptors (Lipinski definition) is 4. The van der Waals surface area contributed by atoms with Gasteiger partial charge >= 0.3 is 0 Å². The highest BCUT2D eigenvalue weighted by Gasteiger charge is 2.05. The van der Waals surface area contributed by atoms with Gasteiger partial charge in [-0.05, 0) is 12.1 Å². The predicted octanol–water partition coefficient (Wildman–Crippen LogP) is 1.81. The third-order valence-electron chi connectivity index (χ3n) is 2.11. The molecule has 4 nitrogen and oxygen atoms in total. The van der Waals surface area contributed by atoms with Crippen LogP contribution in [0.4, 0.5) is 0 Å². The largest absolute Gasteiger partial charge is 0.497 e. The molecule has 0 N–H and O–H groups in total. The van der Waals surface area contributed by atoms with Gasteiger partial charge in [-0.2, -0.15) is 0 Å². The molecule has 1 heterocycles. The molecule has 15 heavy (non-hydrogen) atoms. The van der Waals surface area contributed by atoms with Crippen molar-refractivity contribution in [1.29, 1.82) is 0 Å². The van der Waals surface area contributed by atoms with Crippen LogP contribution in [0.25, 0.3) is 11.0 Å². The molecule has 0 spiro atoms. The molecule has 1 aromatic carbocycles. The van der Waals surface area contributed by atoms with Gasteiger partial charge in [0.25, 0.3) is 5.95 Å². The highest BCUT2D eigenvalue weighted by Crippen LogP contribution is 2.21. The van der Waals surface area contributed by atoms with Gasteiger partial charge in [-0.3, -0.25) is 4.79 Å². The molecule has 1 aromatic heterocycles. The maximum absolute atomic E-state index is 11.6. The summed E-state index contributed by atoms with van der Waals surface area (Å²) >= 11 is 0. The molecule has 0 fully saturated rings. The Kier molecular flexibility index (Phi) is 2.33. The minimum absolute atomic E-state index is 0.129. The molecular weight excluding hydrogens is 196 g/mol. The summed E-state index contributed by atoms with van der Waals surface area (Å²) in [4.78, 5) is 11.6. The Labute approximate surface area is 86.0 Å². The first-order chi connectivity index (χ1) is 7.24. The summed E-state index contributed by atoms with van der Waals surface area (Å²) in [7, 11) is 3.00. The van der Waals surface area contributed by atoms with E-state index in [2.05, 4.69) is 0 Å². The monoisotopic (exact) mass is 206 g/mol. The first-order valence-electron chi connectivity index (χ1n) is 4.40. The maximum atomic E-state index is 11.6. The van der Waals surface area contributed by atoms with Crippen molar-refractivity contribution in [3.05, 3.63) is 34.5 Å². The molecule has 0 aliphatic carbocycles. The zero-order valence-corrected chi connectivity index (χ0v) is 8.44. The van der Waals surface area contributed by atoms with Crippen LogP contribution in [0.15, 0.2) is 33.5 Å². The minimum Gasteiger partial charge on any atom is -0.497 e. The first kappa shape index (κ1) is 9.58. The van der Waals surface area contributed by atoms with Gasteiger partial charge in [-0.1, -0.05) is 0 Å². The summed E-state index contributed by atoms with van der Waals surface area (Å²) in [5.74, 6) is 0.833. The molecule has 2 rings (SSSR count). The number of rotatable bonds is 2. The Morgan fingerprint density at radius 2 is 1.93 bits per heavy atom. The summed E-state index contributed by atoms with van der Waals surface area (Å²) in [6.45, 7) is 0. The molecule has 2 aromatic rings. The lowest BCUT2D eigenvalue weighted by Crippen LogP contribution is -2.00. The molecule has 0 saturated carbocycles. The highest BCUT2D eigenvalue weighted by molar-refractivity contribution is 5.78. The van der Waals surface area contributed by atoms with Crippen LogP contribution in [0.5, 0.6) is 11.7 Å². The molecule has 0 aliphatic heterocycles. The van der Waals surface area contributed by atoms with E-state index in [1.807, 2.05) is 0 Å². The van der Waals surface area contributed by atoms with Gasteiger partial charge < -0.3 is 13.9 Å². The Morgan fingerprint density at radius 1 is 1.13 bits per heavy atom. The highest BCUT2D eigenvalue weighted by atomic mass is 16.6. The van der Waals surface area contributed by atoms with Crippen LogP contribution in [0.3, 0.4) is 0 Å². The van der Waals surface area contributed by atoms with Crippen molar-refractivity contribution in [3.8, 4) is 11.7 Å². The molecule has 0 radical (unpaired) electrons. The molecule has 0 saturated heterocycles. The van der Waals surface area contributed by atoms with E-state index in [1.165, 1.54) is 13.2 Å². The Morgan fingerprint density at radius 3 is 2.60 bits per heavy atom. The quantitative estimate of drug-likeness (QED) is 0.751. The number of ether oxygens (including phenoxy) is 2. The van der Waals surface area contributed by atoms with E-state index in [4.69, 9.17) is 13.9 Å². The van der Waals surface area contributed by atoms with E-state index in [9.17, 15) is 4.79 Å². The maximum Gasteiger partial charge on any atom is 0.288 e. The van der Waals surface area contributed by atoms with Crippen molar-refractivity contribution in [2.45, 2.75) is 0 Å².